The van der Waals surface area contributed by atoms with Crippen molar-refractivity contribution in [3.63, 3.8) is 0 Å². The minimum Gasteiger partial charge on any atom is -0.485 e. The molecule has 0 aliphatic rings. The fourth-order valence-corrected chi connectivity index (χ4v) is 1.73. The van der Waals surface area contributed by atoms with Crippen LogP contribution in [0, 0.1) is 17.0 Å². The van der Waals surface area contributed by atoms with Crippen LogP contribution in [0.15, 0.2) is 18.2 Å². The Morgan fingerprint density at radius 2 is 2.19 bits per heavy atom. The molecular formula is C14H20N2O5. The van der Waals surface area contributed by atoms with Crippen molar-refractivity contribution in [1.29, 1.82) is 0 Å². The number of ether oxygens (including phenoxy) is 2. The SMILES string of the molecule is CCCNC(COc1cc(C)ccc1[N+](=O)[O-])C(=O)OC. The number of nitrogens with one attached hydrogen (secondary N) is 1. The van der Waals surface area contributed by atoms with Gasteiger partial charge in [0.25, 0.3) is 0 Å². The van der Waals surface area contributed by atoms with E-state index in [1.54, 1.807) is 12.1 Å². The fourth-order valence-electron chi connectivity index (χ4n) is 1.73. The van der Waals surface area contributed by atoms with Crippen molar-refractivity contribution < 1.29 is 19.2 Å². The molecule has 1 N–H and O–H groups in total. The molecule has 0 fully saturated rings. The largest absolute Gasteiger partial charge is 0.485 e. The zero-order valence-corrected chi connectivity index (χ0v) is 12.4. The lowest BCUT2D eigenvalue weighted by Crippen LogP contribution is -2.42. The van der Waals surface area contributed by atoms with Gasteiger partial charge in [-0.05, 0) is 31.5 Å². The van der Waals surface area contributed by atoms with E-state index in [4.69, 9.17) is 4.74 Å². The number of methoxy groups -OCH3 is 1. The molecular weight excluding hydrogens is 276 g/mol. The third kappa shape index (κ3) is 5.03. The van der Waals surface area contributed by atoms with Gasteiger partial charge in [-0.1, -0.05) is 13.0 Å². The summed E-state index contributed by atoms with van der Waals surface area (Å²) >= 11 is 0. The van der Waals surface area contributed by atoms with Gasteiger partial charge in [-0.3, -0.25) is 14.9 Å². The third-order valence-electron chi connectivity index (χ3n) is 2.84. The predicted octanol–water partition coefficient (Wildman–Crippen LogP) is 1.82. The number of aryl methyl sites for hydroxylation is 1. The number of nitro groups is 1. The van der Waals surface area contributed by atoms with Crippen molar-refractivity contribution in [2.45, 2.75) is 26.3 Å². The van der Waals surface area contributed by atoms with Crippen LogP contribution in [0.4, 0.5) is 5.69 Å². The van der Waals surface area contributed by atoms with E-state index in [2.05, 4.69) is 10.1 Å². The molecule has 116 valence electrons. The van der Waals surface area contributed by atoms with Crippen molar-refractivity contribution in [3.8, 4) is 5.75 Å². The minimum absolute atomic E-state index is 0.0308. The molecule has 1 unspecified atom stereocenters. The zero-order chi connectivity index (χ0) is 15.8. The van der Waals surface area contributed by atoms with Crippen molar-refractivity contribution in [2.24, 2.45) is 0 Å². The quantitative estimate of drug-likeness (QED) is 0.447. The second kappa shape index (κ2) is 8.21. The highest BCUT2D eigenvalue weighted by molar-refractivity contribution is 5.75. The molecule has 21 heavy (non-hydrogen) atoms. The highest BCUT2D eigenvalue weighted by Crippen LogP contribution is 2.27. The van der Waals surface area contributed by atoms with E-state index < -0.39 is 16.9 Å². The predicted molar refractivity (Wildman–Crippen MR) is 77.4 cm³/mol. The summed E-state index contributed by atoms with van der Waals surface area (Å²) in [6.45, 7) is 4.37. The van der Waals surface area contributed by atoms with Gasteiger partial charge in [0.1, 0.15) is 12.6 Å². The standard InChI is InChI=1S/C14H20N2O5/c1-4-7-15-11(14(17)20-3)9-21-13-8-10(2)5-6-12(13)16(18)19/h5-6,8,11,15H,4,7,9H2,1-3H3. The molecule has 0 aliphatic carbocycles. The number of carbonyl (C=O) groups excluding carboxylic acids is 1. The number of carbonyl (C=O) groups is 1. The summed E-state index contributed by atoms with van der Waals surface area (Å²) in [5.41, 5.74) is 0.714. The minimum atomic E-state index is -0.657. The van der Waals surface area contributed by atoms with Gasteiger partial charge >= 0.3 is 11.7 Å². The van der Waals surface area contributed by atoms with Gasteiger partial charge in [-0.25, -0.2) is 0 Å². The van der Waals surface area contributed by atoms with Crippen LogP contribution in [0.25, 0.3) is 0 Å². The van der Waals surface area contributed by atoms with Crippen molar-refractivity contribution in [1.82, 2.24) is 5.32 Å². The lowest BCUT2D eigenvalue weighted by molar-refractivity contribution is -0.385. The number of rotatable bonds is 8. The van der Waals surface area contributed by atoms with Crippen molar-refractivity contribution in [3.05, 3.63) is 33.9 Å². The Labute approximate surface area is 123 Å². The molecule has 0 amide bonds. The summed E-state index contributed by atoms with van der Waals surface area (Å²) < 4.78 is 10.1. The van der Waals surface area contributed by atoms with Gasteiger partial charge in [0.2, 0.25) is 0 Å². The summed E-state index contributed by atoms with van der Waals surface area (Å²) in [6.07, 6.45) is 0.845. The van der Waals surface area contributed by atoms with E-state index in [0.29, 0.717) is 6.54 Å². The molecule has 7 heteroatoms. The first-order valence-electron chi connectivity index (χ1n) is 6.68. The molecule has 0 aromatic heterocycles. The Balaban J connectivity index is 2.81. The molecule has 0 aliphatic heterocycles. The lowest BCUT2D eigenvalue weighted by Gasteiger charge is -2.17. The second-order valence-corrected chi connectivity index (χ2v) is 4.57. The monoisotopic (exact) mass is 296 g/mol. The number of nitrogens with zero attached hydrogens (tertiary/aromatic N) is 1. The van der Waals surface area contributed by atoms with Crippen LogP contribution < -0.4 is 10.1 Å². The average molecular weight is 296 g/mol. The number of nitro benzene ring substituents is 1. The first kappa shape index (κ1) is 16.9. The van der Waals surface area contributed by atoms with E-state index in [9.17, 15) is 14.9 Å². The number of benzene rings is 1. The van der Waals surface area contributed by atoms with Gasteiger partial charge in [0.15, 0.2) is 5.75 Å². The zero-order valence-electron chi connectivity index (χ0n) is 12.4. The Morgan fingerprint density at radius 3 is 2.76 bits per heavy atom. The van der Waals surface area contributed by atoms with Crippen LogP contribution in [-0.2, 0) is 9.53 Å². The van der Waals surface area contributed by atoms with Crippen LogP contribution in [0.5, 0.6) is 5.75 Å². The highest BCUT2D eigenvalue weighted by atomic mass is 16.6. The Bertz CT molecular complexity index is 504. The summed E-state index contributed by atoms with van der Waals surface area (Å²) in [4.78, 5) is 22.1. The molecule has 0 saturated heterocycles. The Kier molecular flexibility index (Phi) is 6.61. The van der Waals surface area contributed by atoms with Gasteiger partial charge < -0.3 is 14.8 Å². The van der Waals surface area contributed by atoms with Gasteiger partial charge in [-0.15, -0.1) is 0 Å². The smallest absolute Gasteiger partial charge is 0.326 e. The van der Waals surface area contributed by atoms with Crippen LogP contribution in [0.1, 0.15) is 18.9 Å². The topological polar surface area (TPSA) is 90.7 Å². The van der Waals surface area contributed by atoms with Crippen LogP contribution in [0.2, 0.25) is 0 Å². The molecule has 0 spiro atoms. The maximum atomic E-state index is 11.6. The van der Waals surface area contributed by atoms with Crippen LogP contribution in [0.3, 0.4) is 0 Å². The van der Waals surface area contributed by atoms with Gasteiger partial charge in [-0.2, -0.15) is 0 Å². The molecule has 0 bridgehead atoms. The highest BCUT2D eigenvalue weighted by Gasteiger charge is 2.22. The van der Waals surface area contributed by atoms with E-state index in [1.165, 1.54) is 13.2 Å². The summed E-state index contributed by atoms with van der Waals surface area (Å²) in [7, 11) is 1.29. The van der Waals surface area contributed by atoms with E-state index in [0.717, 1.165) is 12.0 Å². The van der Waals surface area contributed by atoms with Crippen molar-refractivity contribution >= 4 is 11.7 Å². The van der Waals surface area contributed by atoms with Crippen LogP contribution >= 0.6 is 0 Å². The number of hydrogen-bond acceptors (Lipinski definition) is 6. The summed E-state index contributed by atoms with van der Waals surface area (Å²) in [6, 6.07) is 3.94. The van der Waals surface area contributed by atoms with Crippen molar-refractivity contribution in [2.75, 3.05) is 20.3 Å². The molecule has 0 heterocycles. The van der Waals surface area contributed by atoms with Gasteiger partial charge in [0, 0.05) is 6.07 Å². The molecule has 1 aromatic rings. The van der Waals surface area contributed by atoms with E-state index >= 15 is 0 Å². The summed E-state index contributed by atoms with van der Waals surface area (Å²) in [5.74, 6) is -0.314. The molecule has 1 atom stereocenters. The molecule has 1 rings (SSSR count). The Morgan fingerprint density at radius 1 is 1.48 bits per heavy atom. The average Bonchev–Trinajstić information content (AvgIpc) is 2.46. The maximum Gasteiger partial charge on any atom is 0.326 e. The van der Waals surface area contributed by atoms with Crippen LogP contribution in [-0.4, -0.2) is 37.2 Å². The lowest BCUT2D eigenvalue weighted by atomic mass is 10.2. The summed E-state index contributed by atoms with van der Waals surface area (Å²) in [5, 5.41) is 13.9. The normalized spacial score (nSPS) is 11.8. The van der Waals surface area contributed by atoms with Gasteiger partial charge in [0.05, 0.1) is 12.0 Å². The fraction of sp³-hybridized carbons (Fsp3) is 0.500. The second-order valence-electron chi connectivity index (χ2n) is 4.57. The van der Waals surface area contributed by atoms with E-state index in [1.807, 2.05) is 13.8 Å². The van der Waals surface area contributed by atoms with E-state index in [-0.39, 0.29) is 18.0 Å². The number of esters is 1. The molecule has 7 nitrogen and oxygen atoms in total. The maximum absolute atomic E-state index is 11.6. The third-order valence-corrected chi connectivity index (χ3v) is 2.84. The first-order valence-corrected chi connectivity index (χ1v) is 6.68. The number of hydrogen-bond donors (Lipinski definition) is 1. The molecule has 0 radical (unpaired) electrons. The molecule has 1 aromatic carbocycles. The molecule has 0 saturated carbocycles. The first-order chi connectivity index (χ1) is 9.99. The Hall–Kier alpha value is -2.15.